The van der Waals surface area contributed by atoms with Gasteiger partial charge in [0.1, 0.15) is 0 Å². The molecule has 8 heteroatoms. The van der Waals surface area contributed by atoms with E-state index in [1.54, 1.807) is 37.3 Å². The molecule has 0 amide bonds. The maximum Gasteiger partial charge on any atom is 0.337 e. The smallest absolute Gasteiger partial charge is 0.337 e. The van der Waals surface area contributed by atoms with E-state index in [4.69, 9.17) is 0 Å². The fraction of sp³-hybridized carbons (Fsp3) is 0.133. The van der Waals surface area contributed by atoms with E-state index in [0.717, 1.165) is 0 Å². The van der Waals surface area contributed by atoms with Gasteiger partial charge in [0, 0.05) is 11.8 Å². The fourth-order valence-electron chi connectivity index (χ4n) is 1.77. The van der Waals surface area contributed by atoms with Crippen LogP contribution in [-0.4, -0.2) is 29.2 Å². The average Bonchev–Trinajstić information content (AvgIpc) is 2.54. The summed E-state index contributed by atoms with van der Waals surface area (Å²) in [7, 11) is 1.31. The second-order valence-electron chi connectivity index (χ2n) is 4.56. The SMILES string of the molecule is COC(=O)c1ccc(/C=N\Nc2nc(C)ccc2[N+](=O)[O-])cc1. The molecule has 0 fully saturated rings. The number of pyridine rings is 1. The van der Waals surface area contributed by atoms with Crippen LogP contribution in [0.15, 0.2) is 41.5 Å². The van der Waals surface area contributed by atoms with Crippen LogP contribution in [0.25, 0.3) is 0 Å². The van der Waals surface area contributed by atoms with E-state index in [1.807, 2.05) is 0 Å². The summed E-state index contributed by atoms with van der Waals surface area (Å²) in [6, 6.07) is 9.47. The molecule has 0 saturated carbocycles. The van der Waals surface area contributed by atoms with Crippen molar-refractivity contribution >= 4 is 23.7 Å². The van der Waals surface area contributed by atoms with Crippen molar-refractivity contribution in [3.8, 4) is 0 Å². The van der Waals surface area contributed by atoms with Crippen molar-refractivity contribution < 1.29 is 14.5 Å². The van der Waals surface area contributed by atoms with Crippen LogP contribution in [-0.2, 0) is 4.74 Å². The van der Waals surface area contributed by atoms with Crippen LogP contribution in [0.3, 0.4) is 0 Å². The molecule has 0 unspecified atom stereocenters. The second-order valence-corrected chi connectivity index (χ2v) is 4.56. The van der Waals surface area contributed by atoms with Gasteiger partial charge in [0.2, 0.25) is 5.82 Å². The summed E-state index contributed by atoms with van der Waals surface area (Å²) in [6.45, 7) is 1.73. The number of hydrogen-bond acceptors (Lipinski definition) is 7. The van der Waals surface area contributed by atoms with Gasteiger partial charge in [0.25, 0.3) is 0 Å². The molecule has 1 aromatic heterocycles. The number of carbonyl (C=O) groups is 1. The molecule has 0 aliphatic rings. The molecule has 0 spiro atoms. The lowest BCUT2D eigenvalue weighted by Gasteiger charge is -2.02. The third-order valence-electron chi connectivity index (χ3n) is 2.93. The van der Waals surface area contributed by atoms with Crippen LogP contribution in [0.1, 0.15) is 21.6 Å². The number of nitro groups is 1. The zero-order valence-electron chi connectivity index (χ0n) is 12.5. The Labute approximate surface area is 132 Å². The number of hydrogen-bond donors (Lipinski definition) is 1. The van der Waals surface area contributed by atoms with Crippen molar-refractivity contribution in [1.82, 2.24) is 4.98 Å². The van der Waals surface area contributed by atoms with E-state index in [1.165, 1.54) is 19.4 Å². The number of benzene rings is 1. The van der Waals surface area contributed by atoms with Crippen molar-refractivity contribution in [3.05, 3.63) is 63.3 Å². The number of nitrogens with zero attached hydrogens (tertiary/aromatic N) is 3. The summed E-state index contributed by atoms with van der Waals surface area (Å²) in [5.74, 6) is -0.358. The third kappa shape index (κ3) is 4.10. The number of aryl methyl sites for hydroxylation is 1. The molecule has 118 valence electrons. The van der Waals surface area contributed by atoms with Gasteiger partial charge in [0.05, 0.1) is 23.8 Å². The standard InChI is InChI=1S/C15H14N4O4/c1-10-3-8-13(19(21)22)14(17-10)18-16-9-11-4-6-12(7-5-11)15(20)23-2/h3-9H,1-2H3,(H,17,18)/b16-9-. The maximum atomic E-state index is 11.3. The van der Waals surface area contributed by atoms with Crippen molar-refractivity contribution in [2.75, 3.05) is 12.5 Å². The van der Waals surface area contributed by atoms with E-state index >= 15 is 0 Å². The molecular formula is C15H14N4O4. The lowest BCUT2D eigenvalue weighted by molar-refractivity contribution is -0.384. The Morgan fingerprint density at radius 2 is 2.00 bits per heavy atom. The molecule has 0 saturated heterocycles. The van der Waals surface area contributed by atoms with Crippen molar-refractivity contribution in [3.63, 3.8) is 0 Å². The third-order valence-corrected chi connectivity index (χ3v) is 2.93. The Bertz CT molecular complexity index is 757. The fourth-order valence-corrected chi connectivity index (χ4v) is 1.77. The Hall–Kier alpha value is -3.29. The van der Waals surface area contributed by atoms with Crippen LogP contribution >= 0.6 is 0 Å². The van der Waals surface area contributed by atoms with Gasteiger partial charge in [-0.25, -0.2) is 9.78 Å². The van der Waals surface area contributed by atoms with E-state index in [2.05, 4.69) is 20.2 Å². The lowest BCUT2D eigenvalue weighted by Crippen LogP contribution is -2.01. The number of esters is 1. The van der Waals surface area contributed by atoms with Gasteiger partial charge < -0.3 is 4.74 Å². The first kappa shape index (κ1) is 16.1. The monoisotopic (exact) mass is 314 g/mol. The number of methoxy groups -OCH3 is 1. The van der Waals surface area contributed by atoms with E-state index in [-0.39, 0.29) is 11.5 Å². The molecule has 8 nitrogen and oxygen atoms in total. The zero-order valence-corrected chi connectivity index (χ0v) is 12.5. The van der Waals surface area contributed by atoms with Gasteiger partial charge >= 0.3 is 11.7 Å². The van der Waals surface area contributed by atoms with Crippen LogP contribution in [0.5, 0.6) is 0 Å². The van der Waals surface area contributed by atoms with Crippen LogP contribution in [0.2, 0.25) is 0 Å². The molecule has 2 aromatic rings. The molecule has 0 aliphatic heterocycles. The predicted molar refractivity (Wildman–Crippen MR) is 84.6 cm³/mol. The molecule has 0 aliphatic carbocycles. The van der Waals surface area contributed by atoms with Gasteiger partial charge in [0.15, 0.2) is 0 Å². The van der Waals surface area contributed by atoms with Crippen molar-refractivity contribution in [2.45, 2.75) is 6.92 Å². The Morgan fingerprint density at radius 3 is 2.61 bits per heavy atom. The Balaban J connectivity index is 2.11. The molecular weight excluding hydrogens is 300 g/mol. The number of nitrogens with one attached hydrogen (secondary N) is 1. The van der Waals surface area contributed by atoms with Crippen LogP contribution < -0.4 is 5.43 Å². The van der Waals surface area contributed by atoms with Gasteiger partial charge in [-0.05, 0) is 30.7 Å². The second kappa shape index (κ2) is 7.12. The molecule has 0 bridgehead atoms. The van der Waals surface area contributed by atoms with Crippen LogP contribution in [0, 0.1) is 17.0 Å². The zero-order chi connectivity index (χ0) is 16.8. The summed E-state index contributed by atoms with van der Waals surface area (Å²) in [5, 5.41) is 14.9. The van der Waals surface area contributed by atoms with Gasteiger partial charge in [-0.1, -0.05) is 12.1 Å². The minimum Gasteiger partial charge on any atom is -0.465 e. The number of carbonyl (C=O) groups excluding carboxylic acids is 1. The number of anilines is 1. The first-order valence-corrected chi connectivity index (χ1v) is 6.60. The number of rotatable bonds is 5. The Kier molecular flexibility index (Phi) is 4.98. The van der Waals surface area contributed by atoms with Crippen molar-refractivity contribution in [2.24, 2.45) is 5.10 Å². The summed E-state index contributed by atoms with van der Waals surface area (Å²) in [6.07, 6.45) is 1.47. The highest BCUT2D eigenvalue weighted by atomic mass is 16.6. The molecule has 0 radical (unpaired) electrons. The lowest BCUT2D eigenvalue weighted by atomic mass is 10.1. The highest BCUT2D eigenvalue weighted by Crippen LogP contribution is 2.21. The highest BCUT2D eigenvalue weighted by molar-refractivity contribution is 5.90. The topological polar surface area (TPSA) is 107 Å². The van der Waals surface area contributed by atoms with Gasteiger partial charge in [-0.15, -0.1) is 0 Å². The minimum atomic E-state index is -0.532. The Morgan fingerprint density at radius 1 is 1.30 bits per heavy atom. The van der Waals surface area contributed by atoms with Gasteiger partial charge in [-0.2, -0.15) is 5.10 Å². The van der Waals surface area contributed by atoms with Crippen molar-refractivity contribution in [1.29, 1.82) is 0 Å². The largest absolute Gasteiger partial charge is 0.465 e. The molecule has 1 N–H and O–H groups in total. The summed E-state index contributed by atoms with van der Waals surface area (Å²) < 4.78 is 4.60. The number of ether oxygens (including phenoxy) is 1. The molecule has 2 rings (SSSR count). The molecule has 1 heterocycles. The summed E-state index contributed by atoms with van der Waals surface area (Å²) >= 11 is 0. The van der Waals surface area contributed by atoms with Gasteiger partial charge in [-0.3, -0.25) is 15.5 Å². The summed E-state index contributed by atoms with van der Waals surface area (Å²) in [4.78, 5) is 25.8. The minimum absolute atomic E-state index is 0.0671. The number of aromatic nitrogens is 1. The maximum absolute atomic E-state index is 11.3. The number of hydrazone groups is 1. The quantitative estimate of drug-likeness (QED) is 0.393. The van der Waals surface area contributed by atoms with E-state index in [0.29, 0.717) is 16.8 Å². The molecule has 0 atom stereocenters. The summed E-state index contributed by atoms with van der Waals surface area (Å²) in [5.41, 5.74) is 4.17. The molecule has 23 heavy (non-hydrogen) atoms. The first-order chi connectivity index (χ1) is 11.0. The first-order valence-electron chi connectivity index (χ1n) is 6.60. The average molecular weight is 314 g/mol. The highest BCUT2D eigenvalue weighted by Gasteiger charge is 2.14. The normalized spacial score (nSPS) is 10.5. The van der Waals surface area contributed by atoms with E-state index in [9.17, 15) is 14.9 Å². The van der Waals surface area contributed by atoms with E-state index < -0.39 is 10.9 Å². The predicted octanol–water partition coefficient (Wildman–Crippen LogP) is 2.53. The van der Waals surface area contributed by atoms with Crippen LogP contribution in [0.4, 0.5) is 11.5 Å². The molecule has 1 aromatic carbocycles.